The van der Waals surface area contributed by atoms with Gasteiger partial charge in [0.15, 0.2) is 5.82 Å². The highest BCUT2D eigenvalue weighted by Crippen LogP contribution is 2.17. The summed E-state index contributed by atoms with van der Waals surface area (Å²) in [5, 5.41) is 3.18. The van der Waals surface area contributed by atoms with Crippen LogP contribution in [0.3, 0.4) is 0 Å². The van der Waals surface area contributed by atoms with Crippen molar-refractivity contribution in [1.29, 1.82) is 0 Å². The number of aryl methyl sites for hydroxylation is 1. The van der Waals surface area contributed by atoms with Crippen molar-refractivity contribution in [3.63, 3.8) is 0 Å². The van der Waals surface area contributed by atoms with E-state index < -0.39 is 0 Å². The number of rotatable bonds is 3. The van der Waals surface area contributed by atoms with Gasteiger partial charge in [-0.25, -0.2) is 9.97 Å². The highest BCUT2D eigenvalue weighted by molar-refractivity contribution is 5.57. The summed E-state index contributed by atoms with van der Waals surface area (Å²) in [6.45, 7) is 4.98. The van der Waals surface area contributed by atoms with Crippen molar-refractivity contribution in [1.82, 2.24) is 9.97 Å². The minimum atomic E-state index is 0.766. The zero-order valence-corrected chi connectivity index (χ0v) is 9.57. The highest BCUT2D eigenvalue weighted by atomic mass is 15.0. The maximum absolute atomic E-state index is 4.45. The lowest BCUT2D eigenvalue weighted by Gasteiger charge is -2.05. The fraction of sp³-hybridized carbons (Fsp3) is 0.231. The van der Waals surface area contributed by atoms with E-state index in [0.29, 0.717) is 0 Å². The van der Waals surface area contributed by atoms with Crippen LogP contribution in [-0.4, -0.2) is 16.5 Å². The number of benzene rings is 1. The molecule has 82 valence electrons. The Morgan fingerprint density at radius 2 is 2.12 bits per heavy atom. The second kappa shape index (κ2) is 4.75. The molecule has 0 fully saturated rings. The minimum absolute atomic E-state index is 0.766. The summed E-state index contributed by atoms with van der Waals surface area (Å²) in [4.78, 5) is 8.73. The molecule has 0 saturated heterocycles. The Kier molecular flexibility index (Phi) is 3.15. The van der Waals surface area contributed by atoms with Crippen LogP contribution in [0.4, 0.5) is 5.82 Å². The third-order valence-electron chi connectivity index (χ3n) is 2.29. The summed E-state index contributed by atoms with van der Waals surface area (Å²) < 4.78 is 0. The molecule has 1 N–H and O–H groups in total. The normalized spacial score (nSPS) is 10.1. The first-order valence-electron chi connectivity index (χ1n) is 5.43. The van der Waals surface area contributed by atoms with Gasteiger partial charge < -0.3 is 5.32 Å². The quantitative estimate of drug-likeness (QED) is 0.851. The predicted molar refractivity (Wildman–Crippen MR) is 66.4 cm³/mol. The van der Waals surface area contributed by atoms with Crippen molar-refractivity contribution < 1.29 is 0 Å². The monoisotopic (exact) mass is 213 g/mol. The van der Waals surface area contributed by atoms with Gasteiger partial charge >= 0.3 is 0 Å². The SMILES string of the molecule is CCNc1ccnc(-c2cccc(C)c2)n1. The van der Waals surface area contributed by atoms with Gasteiger partial charge in [-0.15, -0.1) is 0 Å². The molecule has 0 aliphatic rings. The lowest BCUT2D eigenvalue weighted by atomic mass is 10.1. The molecular weight excluding hydrogens is 198 g/mol. The fourth-order valence-electron chi connectivity index (χ4n) is 1.56. The van der Waals surface area contributed by atoms with Crippen LogP contribution in [0.5, 0.6) is 0 Å². The van der Waals surface area contributed by atoms with Gasteiger partial charge in [-0.1, -0.05) is 23.8 Å². The molecule has 3 heteroatoms. The van der Waals surface area contributed by atoms with Gasteiger partial charge in [-0.05, 0) is 26.0 Å². The Labute approximate surface area is 95.6 Å². The van der Waals surface area contributed by atoms with E-state index in [-0.39, 0.29) is 0 Å². The van der Waals surface area contributed by atoms with E-state index in [4.69, 9.17) is 0 Å². The maximum Gasteiger partial charge on any atom is 0.161 e. The van der Waals surface area contributed by atoms with Crippen LogP contribution >= 0.6 is 0 Å². The molecule has 0 amide bonds. The molecule has 3 nitrogen and oxygen atoms in total. The number of hydrogen-bond acceptors (Lipinski definition) is 3. The zero-order chi connectivity index (χ0) is 11.4. The molecule has 0 spiro atoms. The maximum atomic E-state index is 4.45. The van der Waals surface area contributed by atoms with E-state index in [1.54, 1.807) is 6.20 Å². The summed E-state index contributed by atoms with van der Waals surface area (Å²) in [6.07, 6.45) is 1.78. The number of aromatic nitrogens is 2. The fourth-order valence-corrected chi connectivity index (χ4v) is 1.56. The average molecular weight is 213 g/mol. The van der Waals surface area contributed by atoms with Gasteiger partial charge in [0.2, 0.25) is 0 Å². The van der Waals surface area contributed by atoms with E-state index in [0.717, 1.165) is 23.8 Å². The molecule has 2 aromatic rings. The molecule has 0 aliphatic heterocycles. The second-order valence-electron chi connectivity index (χ2n) is 3.67. The lowest BCUT2D eigenvalue weighted by molar-refractivity contribution is 1.12. The van der Waals surface area contributed by atoms with Gasteiger partial charge in [-0.3, -0.25) is 0 Å². The van der Waals surface area contributed by atoms with E-state index in [2.05, 4.69) is 41.3 Å². The number of nitrogens with zero attached hydrogens (tertiary/aromatic N) is 2. The molecule has 1 heterocycles. The summed E-state index contributed by atoms with van der Waals surface area (Å²) in [6, 6.07) is 10.1. The molecule has 0 saturated carbocycles. The molecule has 1 aromatic heterocycles. The first-order valence-corrected chi connectivity index (χ1v) is 5.43. The van der Waals surface area contributed by atoms with E-state index in [1.165, 1.54) is 5.56 Å². The molecule has 0 unspecified atom stereocenters. The Hall–Kier alpha value is -1.90. The number of hydrogen-bond donors (Lipinski definition) is 1. The predicted octanol–water partition coefficient (Wildman–Crippen LogP) is 2.88. The van der Waals surface area contributed by atoms with Gasteiger partial charge in [0.1, 0.15) is 5.82 Å². The van der Waals surface area contributed by atoms with Crippen molar-refractivity contribution in [2.75, 3.05) is 11.9 Å². The first kappa shape index (κ1) is 10.6. The molecule has 0 atom stereocenters. The Balaban J connectivity index is 2.36. The molecular formula is C13H15N3. The van der Waals surface area contributed by atoms with Crippen LogP contribution < -0.4 is 5.32 Å². The van der Waals surface area contributed by atoms with E-state index in [1.807, 2.05) is 18.2 Å². The number of anilines is 1. The van der Waals surface area contributed by atoms with Crippen LogP contribution in [0.1, 0.15) is 12.5 Å². The third-order valence-corrected chi connectivity index (χ3v) is 2.29. The average Bonchev–Trinajstić information content (AvgIpc) is 2.30. The molecule has 0 bridgehead atoms. The zero-order valence-electron chi connectivity index (χ0n) is 9.57. The van der Waals surface area contributed by atoms with E-state index in [9.17, 15) is 0 Å². The van der Waals surface area contributed by atoms with Gasteiger partial charge in [0.25, 0.3) is 0 Å². The van der Waals surface area contributed by atoms with Crippen LogP contribution in [0.2, 0.25) is 0 Å². The van der Waals surface area contributed by atoms with Gasteiger partial charge in [0.05, 0.1) is 0 Å². The van der Waals surface area contributed by atoms with Gasteiger partial charge in [0, 0.05) is 18.3 Å². The van der Waals surface area contributed by atoms with Crippen LogP contribution in [0.15, 0.2) is 36.5 Å². The molecule has 0 aliphatic carbocycles. The Bertz CT molecular complexity index is 480. The highest BCUT2D eigenvalue weighted by Gasteiger charge is 2.01. The summed E-state index contributed by atoms with van der Waals surface area (Å²) in [7, 11) is 0. The third kappa shape index (κ3) is 2.37. The topological polar surface area (TPSA) is 37.8 Å². The van der Waals surface area contributed by atoms with Crippen molar-refractivity contribution in [3.05, 3.63) is 42.1 Å². The molecule has 0 radical (unpaired) electrons. The van der Waals surface area contributed by atoms with Crippen LogP contribution in [-0.2, 0) is 0 Å². The smallest absolute Gasteiger partial charge is 0.161 e. The minimum Gasteiger partial charge on any atom is -0.370 e. The lowest BCUT2D eigenvalue weighted by Crippen LogP contribution is -2.00. The van der Waals surface area contributed by atoms with Crippen molar-refractivity contribution >= 4 is 5.82 Å². The van der Waals surface area contributed by atoms with Crippen molar-refractivity contribution in [2.45, 2.75) is 13.8 Å². The van der Waals surface area contributed by atoms with Crippen molar-refractivity contribution in [3.8, 4) is 11.4 Å². The summed E-state index contributed by atoms with van der Waals surface area (Å²) >= 11 is 0. The van der Waals surface area contributed by atoms with Gasteiger partial charge in [-0.2, -0.15) is 0 Å². The standard InChI is InChI=1S/C13H15N3/c1-3-14-12-7-8-15-13(16-12)11-6-4-5-10(2)9-11/h4-9H,3H2,1-2H3,(H,14,15,16). The molecule has 1 aromatic carbocycles. The van der Waals surface area contributed by atoms with E-state index >= 15 is 0 Å². The summed E-state index contributed by atoms with van der Waals surface area (Å²) in [5.74, 6) is 1.64. The summed E-state index contributed by atoms with van der Waals surface area (Å²) in [5.41, 5.74) is 2.27. The Morgan fingerprint density at radius 3 is 2.88 bits per heavy atom. The second-order valence-corrected chi connectivity index (χ2v) is 3.67. The molecule has 2 rings (SSSR count). The Morgan fingerprint density at radius 1 is 1.25 bits per heavy atom. The molecule has 16 heavy (non-hydrogen) atoms. The van der Waals surface area contributed by atoms with Crippen LogP contribution in [0, 0.1) is 6.92 Å². The van der Waals surface area contributed by atoms with Crippen molar-refractivity contribution in [2.24, 2.45) is 0 Å². The van der Waals surface area contributed by atoms with Crippen LogP contribution in [0.25, 0.3) is 11.4 Å². The number of nitrogens with one attached hydrogen (secondary N) is 1. The largest absolute Gasteiger partial charge is 0.370 e. The first-order chi connectivity index (χ1) is 7.79.